The summed E-state index contributed by atoms with van der Waals surface area (Å²) in [5.41, 5.74) is 2.37. The molecule has 4 heteroatoms. The number of rotatable bonds is 4. The summed E-state index contributed by atoms with van der Waals surface area (Å²) in [7, 11) is 0. The molecule has 0 heterocycles. The number of hydrogen-bond acceptors (Lipinski definition) is 2. The van der Waals surface area contributed by atoms with Gasteiger partial charge in [0.15, 0.2) is 0 Å². The molecule has 1 aromatic carbocycles. The highest BCUT2D eigenvalue weighted by molar-refractivity contribution is 6.13. The standard InChI is InChI=1S/C11H13ClFNO/c12-14-11-9-4-2-1-3-8(9)7-10(11)15-6-5-13/h1-4,10-11,14H,5-7H2/t10-,11+/m1/s1. The Bertz CT molecular complexity index is 334. The highest BCUT2D eigenvalue weighted by atomic mass is 35.5. The third-order valence-electron chi connectivity index (χ3n) is 2.71. The molecule has 0 radical (unpaired) electrons. The van der Waals surface area contributed by atoms with E-state index in [9.17, 15) is 4.39 Å². The van der Waals surface area contributed by atoms with Crippen LogP contribution in [0.3, 0.4) is 0 Å². The first kappa shape index (κ1) is 10.9. The fourth-order valence-corrected chi connectivity index (χ4v) is 2.30. The van der Waals surface area contributed by atoms with Gasteiger partial charge in [-0.1, -0.05) is 24.3 Å². The largest absolute Gasteiger partial charge is 0.373 e. The van der Waals surface area contributed by atoms with Gasteiger partial charge in [-0.05, 0) is 22.9 Å². The average molecular weight is 230 g/mol. The lowest BCUT2D eigenvalue weighted by Crippen LogP contribution is -2.26. The van der Waals surface area contributed by atoms with Gasteiger partial charge in [-0.15, -0.1) is 0 Å². The molecule has 0 unspecified atom stereocenters. The van der Waals surface area contributed by atoms with Crippen molar-refractivity contribution in [2.45, 2.75) is 18.6 Å². The highest BCUT2D eigenvalue weighted by Gasteiger charge is 2.32. The number of ether oxygens (including phenoxy) is 1. The van der Waals surface area contributed by atoms with Crippen LogP contribution in [0, 0.1) is 0 Å². The van der Waals surface area contributed by atoms with E-state index in [-0.39, 0.29) is 18.8 Å². The van der Waals surface area contributed by atoms with E-state index in [2.05, 4.69) is 10.9 Å². The van der Waals surface area contributed by atoms with E-state index in [1.165, 1.54) is 5.56 Å². The lowest BCUT2D eigenvalue weighted by Gasteiger charge is -2.18. The first-order valence-corrected chi connectivity index (χ1v) is 5.36. The van der Waals surface area contributed by atoms with Crippen LogP contribution in [0.2, 0.25) is 0 Å². The Balaban J connectivity index is 2.13. The summed E-state index contributed by atoms with van der Waals surface area (Å²) in [6, 6.07) is 8.00. The molecule has 1 aliphatic rings. The molecule has 82 valence electrons. The fourth-order valence-electron chi connectivity index (χ4n) is 2.04. The van der Waals surface area contributed by atoms with Gasteiger partial charge in [0.25, 0.3) is 0 Å². The number of nitrogens with one attached hydrogen (secondary N) is 1. The molecule has 0 saturated heterocycles. The zero-order chi connectivity index (χ0) is 10.7. The molecule has 2 nitrogen and oxygen atoms in total. The van der Waals surface area contributed by atoms with Crippen molar-refractivity contribution in [3.05, 3.63) is 35.4 Å². The molecule has 15 heavy (non-hydrogen) atoms. The number of hydrogen-bond donors (Lipinski definition) is 1. The maximum absolute atomic E-state index is 12.0. The zero-order valence-corrected chi connectivity index (χ0v) is 9.01. The fraction of sp³-hybridized carbons (Fsp3) is 0.455. The van der Waals surface area contributed by atoms with Crippen LogP contribution in [0.1, 0.15) is 17.2 Å². The van der Waals surface area contributed by atoms with Crippen molar-refractivity contribution in [2.75, 3.05) is 13.3 Å². The third-order valence-corrected chi connectivity index (χ3v) is 2.94. The van der Waals surface area contributed by atoms with E-state index in [1.54, 1.807) is 0 Å². The molecule has 1 aliphatic carbocycles. The predicted molar refractivity (Wildman–Crippen MR) is 57.6 cm³/mol. The molecule has 1 N–H and O–H groups in total. The lowest BCUT2D eigenvalue weighted by molar-refractivity contribution is 0.0321. The highest BCUT2D eigenvalue weighted by Crippen LogP contribution is 2.33. The van der Waals surface area contributed by atoms with Crippen LogP contribution in [-0.4, -0.2) is 19.4 Å². The minimum absolute atomic E-state index is 0.0329. The van der Waals surface area contributed by atoms with Crippen molar-refractivity contribution >= 4 is 11.8 Å². The van der Waals surface area contributed by atoms with Crippen LogP contribution < -0.4 is 4.84 Å². The average Bonchev–Trinajstić information content (AvgIpc) is 2.63. The van der Waals surface area contributed by atoms with Gasteiger partial charge in [0.2, 0.25) is 0 Å². The lowest BCUT2D eigenvalue weighted by atomic mass is 10.1. The van der Waals surface area contributed by atoms with Crippen molar-refractivity contribution in [3.63, 3.8) is 0 Å². The Labute approximate surface area is 93.5 Å². The zero-order valence-electron chi connectivity index (χ0n) is 8.25. The number of halogens is 2. The number of fused-ring (bicyclic) bond motifs is 1. The monoisotopic (exact) mass is 229 g/mol. The molecule has 0 aliphatic heterocycles. The van der Waals surface area contributed by atoms with Gasteiger partial charge >= 0.3 is 0 Å². The molecule has 0 bridgehead atoms. The molecule has 0 spiro atoms. The van der Waals surface area contributed by atoms with Gasteiger partial charge in [-0.25, -0.2) is 9.23 Å². The summed E-state index contributed by atoms with van der Waals surface area (Å²) in [5.74, 6) is 0. The summed E-state index contributed by atoms with van der Waals surface area (Å²) in [6.07, 6.45) is 0.733. The Morgan fingerprint density at radius 3 is 3.00 bits per heavy atom. The van der Waals surface area contributed by atoms with Crippen LogP contribution in [-0.2, 0) is 11.2 Å². The van der Waals surface area contributed by atoms with Crippen LogP contribution >= 0.6 is 11.8 Å². The number of alkyl halides is 1. The van der Waals surface area contributed by atoms with Crippen LogP contribution in [0.5, 0.6) is 0 Å². The SMILES string of the molecule is FCCO[C@@H]1Cc2ccccc2[C@@H]1NCl. The van der Waals surface area contributed by atoms with E-state index in [1.807, 2.05) is 18.2 Å². The summed E-state index contributed by atoms with van der Waals surface area (Å²) in [5, 5.41) is 0. The molecule has 1 aromatic rings. The maximum atomic E-state index is 12.0. The molecular weight excluding hydrogens is 217 g/mol. The summed E-state index contributed by atoms with van der Waals surface area (Å²) >= 11 is 5.69. The Hall–Kier alpha value is -0.640. The van der Waals surface area contributed by atoms with E-state index < -0.39 is 6.67 Å². The predicted octanol–water partition coefficient (Wildman–Crippen LogP) is 2.38. The molecule has 2 rings (SSSR count). The summed E-state index contributed by atoms with van der Waals surface area (Å²) in [6.45, 7) is -0.324. The molecule has 0 aromatic heterocycles. The second kappa shape index (κ2) is 4.92. The molecule has 0 amide bonds. The summed E-state index contributed by atoms with van der Waals surface area (Å²) in [4.78, 5) is 2.70. The van der Waals surface area contributed by atoms with Crippen LogP contribution in [0.4, 0.5) is 4.39 Å². The van der Waals surface area contributed by atoms with E-state index >= 15 is 0 Å². The maximum Gasteiger partial charge on any atom is 0.113 e. The normalized spacial score (nSPS) is 24.1. The minimum Gasteiger partial charge on any atom is -0.373 e. The minimum atomic E-state index is -0.456. The van der Waals surface area contributed by atoms with Crippen LogP contribution in [0.25, 0.3) is 0 Å². The van der Waals surface area contributed by atoms with Gasteiger partial charge in [-0.3, -0.25) is 0 Å². The molecule has 2 atom stereocenters. The van der Waals surface area contributed by atoms with Gasteiger partial charge in [0, 0.05) is 6.42 Å². The molecular formula is C11H13ClFNO. The van der Waals surface area contributed by atoms with E-state index in [0.29, 0.717) is 0 Å². The smallest absolute Gasteiger partial charge is 0.113 e. The van der Waals surface area contributed by atoms with Crippen molar-refractivity contribution in [1.82, 2.24) is 4.84 Å². The topological polar surface area (TPSA) is 21.3 Å². The van der Waals surface area contributed by atoms with E-state index in [0.717, 1.165) is 12.0 Å². The van der Waals surface area contributed by atoms with Gasteiger partial charge in [0.05, 0.1) is 18.8 Å². The number of benzene rings is 1. The van der Waals surface area contributed by atoms with Crippen molar-refractivity contribution < 1.29 is 9.13 Å². The van der Waals surface area contributed by atoms with Gasteiger partial charge < -0.3 is 4.74 Å². The summed E-state index contributed by atoms with van der Waals surface area (Å²) < 4.78 is 17.4. The molecule has 0 saturated carbocycles. The second-order valence-electron chi connectivity index (χ2n) is 3.59. The Morgan fingerprint density at radius 1 is 1.47 bits per heavy atom. The first-order valence-electron chi connectivity index (χ1n) is 4.98. The van der Waals surface area contributed by atoms with Crippen molar-refractivity contribution in [3.8, 4) is 0 Å². The Kier molecular flexibility index (Phi) is 3.57. The quantitative estimate of drug-likeness (QED) is 0.801. The van der Waals surface area contributed by atoms with Crippen molar-refractivity contribution in [1.29, 1.82) is 0 Å². The first-order chi connectivity index (χ1) is 7.36. The Morgan fingerprint density at radius 2 is 2.27 bits per heavy atom. The van der Waals surface area contributed by atoms with Crippen LogP contribution in [0.15, 0.2) is 24.3 Å². The second-order valence-corrected chi connectivity index (χ2v) is 3.81. The van der Waals surface area contributed by atoms with E-state index in [4.69, 9.17) is 16.5 Å². The third kappa shape index (κ3) is 2.14. The molecule has 0 fully saturated rings. The van der Waals surface area contributed by atoms with Gasteiger partial charge in [0.1, 0.15) is 6.67 Å². The van der Waals surface area contributed by atoms with Crippen molar-refractivity contribution in [2.24, 2.45) is 0 Å². The van der Waals surface area contributed by atoms with Gasteiger partial charge in [-0.2, -0.15) is 0 Å².